The van der Waals surface area contributed by atoms with Crippen LogP contribution in [0.25, 0.3) is 0 Å². The van der Waals surface area contributed by atoms with Gasteiger partial charge in [0.2, 0.25) is 5.91 Å². The highest BCUT2D eigenvalue weighted by molar-refractivity contribution is 5.77. The molecule has 1 rings (SSSR count). The monoisotopic (exact) mass is 243 g/mol. The van der Waals surface area contributed by atoms with Gasteiger partial charge in [0.15, 0.2) is 0 Å². The summed E-state index contributed by atoms with van der Waals surface area (Å²) in [6.45, 7) is 2.31. The summed E-state index contributed by atoms with van der Waals surface area (Å²) >= 11 is 0. The molecule has 1 unspecified atom stereocenters. The van der Waals surface area contributed by atoms with E-state index in [4.69, 9.17) is 9.84 Å². The Bertz CT molecular complexity index is 215. The zero-order valence-corrected chi connectivity index (χ0v) is 10.8. The fraction of sp³-hybridized carbons (Fsp3) is 0.923. The molecule has 0 spiro atoms. The first-order valence-electron chi connectivity index (χ1n) is 6.74. The Hall–Kier alpha value is -0.610. The van der Waals surface area contributed by atoms with E-state index in [0.717, 1.165) is 25.7 Å². The highest BCUT2D eigenvalue weighted by Gasteiger charge is 2.15. The van der Waals surface area contributed by atoms with Gasteiger partial charge in [0, 0.05) is 12.6 Å². The van der Waals surface area contributed by atoms with Crippen LogP contribution in [-0.4, -0.2) is 36.4 Å². The SMILES string of the molecule is CC(CCCO)NC(=O)COC1CCCCC1. The lowest BCUT2D eigenvalue weighted by atomic mass is 9.98. The molecule has 1 aliphatic rings. The predicted octanol–water partition coefficient (Wildman–Crippen LogP) is 1.61. The summed E-state index contributed by atoms with van der Waals surface area (Å²) in [5, 5.41) is 11.6. The minimum absolute atomic E-state index is 0.0407. The van der Waals surface area contributed by atoms with Crippen molar-refractivity contribution in [2.24, 2.45) is 0 Å². The predicted molar refractivity (Wildman–Crippen MR) is 66.7 cm³/mol. The molecule has 0 aromatic heterocycles. The number of hydrogen-bond donors (Lipinski definition) is 2. The van der Waals surface area contributed by atoms with Crippen molar-refractivity contribution in [3.63, 3.8) is 0 Å². The minimum atomic E-state index is -0.0407. The number of nitrogens with one attached hydrogen (secondary N) is 1. The van der Waals surface area contributed by atoms with E-state index in [-0.39, 0.29) is 31.3 Å². The Morgan fingerprint density at radius 2 is 2.12 bits per heavy atom. The van der Waals surface area contributed by atoms with Gasteiger partial charge >= 0.3 is 0 Å². The largest absolute Gasteiger partial charge is 0.396 e. The summed E-state index contributed by atoms with van der Waals surface area (Å²) < 4.78 is 5.59. The highest BCUT2D eigenvalue weighted by Crippen LogP contribution is 2.19. The minimum Gasteiger partial charge on any atom is -0.396 e. The molecule has 0 radical (unpaired) electrons. The molecule has 1 atom stereocenters. The number of carbonyl (C=O) groups is 1. The van der Waals surface area contributed by atoms with Crippen LogP contribution in [0.1, 0.15) is 51.9 Å². The maximum atomic E-state index is 11.6. The number of carbonyl (C=O) groups excluding carboxylic acids is 1. The second-order valence-electron chi connectivity index (χ2n) is 4.91. The van der Waals surface area contributed by atoms with Gasteiger partial charge in [-0.1, -0.05) is 19.3 Å². The van der Waals surface area contributed by atoms with E-state index in [1.54, 1.807) is 0 Å². The Morgan fingerprint density at radius 3 is 2.76 bits per heavy atom. The molecule has 0 bridgehead atoms. The molecular weight excluding hydrogens is 218 g/mol. The Morgan fingerprint density at radius 1 is 1.41 bits per heavy atom. The van der Waals surface area contributed by atoms with Crippen molar-refractivity contribution in [3.05, 3.63) is 0 Å². The van der Waals surface area contributed by atoms with Crippen molar-refractivity contribution in [3.8, 4) is 0 Å². The molecule has 0 aromatic carbocycles. The van der Waals surface area contributed by atoms with Gasteiger partial charge in [-0.2, -0.15) is 0 Å². The molecule has 17 heavy (non-hydrogen) atoms. The molecular formula is C13H25NO3. The lowest BCUT2D eigenvalue weighted by molar-refractivity contribution is -0.129. The number of hydrogen-bond acceptors (Lipinski definition) is 3. The summed E-state index contributed by atoms with van der Waals surface area (Å²) in [5.74, 6) is -0.0407. The molecule has 1 aliphatic carbocycles. The molecule has 2 N–H and O–H groups in total. The van der Waals surface area contributed by atoms with Crippen molar-refractivity contribution in [1.29, 1.82) is 0 Å². The van der Waals surface area contributed by atoms with Gasteiger partial charge in [-0.15, -0.1) is 0 Å². The summed E-state index contributed by atoms with van der Waals surface area (Å²) in [6.07, 6.45) is 7.74. The summed E-state index contributed by atoms with van der Waals surface area (Å²) in [7, 11) is 0. The third kappa shape index (κ3) is 6.64. The first-order valence-corrected chi connectivity index (χ1v) is 6.74. The number of rotatable bonds is 7. The van der Waals surface area contributed by atoms with Crippen LogP contribution in [0, 0.1) is 0 Å². The smallest absolute Gasteiger partial charge is 0.246 e. The standard InChI is InChI=1S/C13H25NO3/c1-11(6-5-9-15)14-13(16)10-17-12-7-3-2-4-8-12/h11-12,15H,2-10H2,1H3,(H,14,16). The number of amides is 1. The fourth-order valence-electron chi connectivity index (χ4n) is 2.21. The summed E-state index contributed by atoms with van der Waals surface area (Å²) in [4.78, 5) is 11.6. The second-order valence-corrected chi connectivity index (χ2v) is 4.91. The maximum absolute atomic E-state index is 11.6. The van der Waals surface area contributed by atoms with Crippen LogP contribution in [0.4, 0.5) is 0 Å². The zero-order valence-electron chi connectivity index (χ0n) is 10.8. The van der Waals surface area contributed by atoms with Crippen LogP contribution in [0.15, 0.2) is 0 Å². The molecule has 1 amide bonds. The van der Waals surface area contributed by atoms with Gasteiger partial charge in [-0.25, -0.2) is 0 Å². The first-order chi connectivity index (χ1) is 8.22. The van der Waals surface area contributed by atoms with Crippen molar-refractivity contribution >= 4 is 5.91 Å². The summed E-state index contributed by atoms with van der Waals surface area (Å²) in [5.41, 5.74) is 0. The molecule has 0 saturated heterocycles. The molecule has 1 fully saturated rings. The van der Waals surface area contributed by atoms with E-state index in [1.807, 2.05) is 6.92 Å². The van der Waals surface area contributed by atoms with Gasteiger partial charge in [0.05, 0.1) is 6.10 Å². The quantitative estimate of drug-likeness (QED) is 0.714. The van der Waals surface area contributed by atoms with Gasteiger partial charge in [0.25, 0.3) is 0 Å². The normalized spacial score (nSPS) is 18.9. The number of ether oxygens (including phenoxy) is 1. The zero-order chi connectivity index (χ0) is 12.5. The highest BCUT2D eigenvalue weighted by atomic mass is 16.5. The molecule has 1 saturated carbocycles. The van der Waals surface area contributed by atoms with Crippen LogP contribution in [0.3, 0.4) is 0 Å². The van der Waals surface area contributed by atoms with Crippen LogP contribution >= 0.6 is 0 Å². The fourth-order valence-corrected chi connectivity index (χ4v) is 2.21. The van der Waals surface area contributed by atoms with E-state index in [1.165, 1.54) is 19.3 Å². The van der Waals surface area contributed by atoms with Crippen molar-refractivity contribution in [2.45, 2.75) is 64.0 Å². The van der Waals surface area contributed by atoms with Crippen molar-refractivity contribution in [2.75, 3.05) is 13.2 Å². The molecule has 4 nitrogen and oxygen atoms in total. The topological polar surface area (TPSA) is 58.6 Å². The van der Waals surface area contributed by atoms with E-state index < -0.39 is 0 Å². The summed E-state index contributed by atoms with van der Waals surface area (Å²) in [6, 6.07) is 0.115. The average molecular weight is 243 g/mol. The van der Waals surface area contributed by atoms with Gasteiger partial charge in [-0.05, 0) is 32.6 Å². The lowest BCUT2D eigenvalue weighted by Gasteiger charge is -2.22. The third-order valence-corrected chi connectivity index (χ3v) is 3.20. The maximum Gasteiger partial charge on any atom is 0.246 e. The molecule has 0 heterocycles. The third-order valence-electron chi connectivity index (χ3n) is 3.20. The lowest BCUT2D eigenvalue weighted by Crippen LogP contribution is -2.36. The Balaban J connectivity index is 2.07. The average Bonchev–Trinajstić information content (AvgIpc) is 2.35. The van der Waals surface area contributed by atoms with E-state index in [0.29, 0.717) is 0 Å². The van der Waals surface area contributed by atoms with Crippen molar-refractivity contribution < 1.29 is 14.6 Å². The van der Waals surface area contributed by atoms with Gasteiger partial charge < -0.3 is 15.2 Å². The van der Waals surface area contributed by atoms with Crippen molar-refractivity contribution in [1.82, 2.24) is 5.32 Å². The van der Waals surface area contributed by atoms with E-state index >= 15 is 0 Å². The van der Waals surface area contributed by atoms with Gasteiger partial charge in [-0.3, -0.25) is 4.79 Å². The Kier molecular flexibility index (Phi) is 7.21. The van der Waals surface area contributed by atoms with Crippen LogP contribution < -0.4 is 5.32 Å². The van der Waals surface area contributed by atoms with Crippen LogP contribution in [0.5, 0.6) is 0 Å². The molecule has 0 aliphatic heterocycles. The number of aliphatic hydroxyl groups excluding tert-OH is 1. The number of aliphatic hydroxyl groups is 1. The molecule has 0 aromatic rings. The van der Waals surface area contributed by atoms with Crippen LogP contribution in [-0.2, 0) is 9.53 Å². The van der Waals surface area contributed by atoms with E-state index in [9.17, 15) is 4.79 Å². The van der Waals surface area contributed by atoms with E-state index in [2.05, 4.69) is 5.32 Å². The second kappa shape index (κ2) is 8.48. The van der Waals surface area contributed by atoms with Gasteiger partial charge in [0.1, 0.15) is 6.61 Å². The molecule has 100 valence electrons. The molecule has 4 heteroatoms. The Labute approximate surface area is 104 Å². The first kappa shape index (κ1) is 14.5. The van der Waals surface area contributed by atoms with Crippen LogP contribution in [0.2, 0.25) is 0 Å².